The van der Waals surface area contributed by atoms with Crippen LogP contribution in [0.1, 0.15) is 44.1 Å². The third kappa shape index (κ3) is 5.44. The topological polar surface area (TPSA) is 89.5 Å². The van der Waals surface area contributed by atoms with Crippen LogP contribution in [-0.4, -0.2) is 62.4 Å². The first-order valence-corrected chi connectivity index (χ1v) is 14.1. The molecule has 0 bridgehead atoms. The summed E-state index contributed by atoms with van der Waals surface area (Å²) in [6.07, 6.45) is 3.15. The van der Waals surface area contributed by atoms with E-state index in [1.165, 1.54) is 11.3 Å². The summed E-state index contributed by atoms with van der Waals surface area (Å²) in [6.45, 7) is 7.77. The van der Waals surface area contributed by atoms with Gasteiger partial charge in [-0.25, -0.2) is 9.79 Å². The fraction of sp³-hybridized carbons (Fsp3) is 0.414. The molecule has 2 aliphatic rings. The molecule has 4 heterocycles. The largest absolute Gasteiger partial charge is 0.497 e. The first kappa shape index (κ1) is 27.0. The number of methoxy groups -OCH3 is 1. The molecule has 0 radical (unpaired) electrons. The minimum atomic E-state index is -0.684. The number of nitrogens with zero attached hydrogens (tertiary/aromatic N) is 4. The number of likely N-dealkylation sites (N-methyl/N-ethyl adjacent to an activating group) is 1. The number of benzene rings is 1. The maximum atomic E-state index is 13.9. The standard InChI is InChI=1S/C29H34N4O5S/c1-5-8-22-25(28(35)37-6-2)26(19-9-7-10-20(17-19)36-4)33-27(34)23(39-29(33)30-22)18-21-11-12-24(38-21)32-15-13-31(3)14-16-32/h7,9-12,17-18,26H,5-6,8,13-16H2,1-4H3/b23-18-. The van der Waals surface area contributed by atoms with E-state index in [2.05, 4.69) is 16.8 Å². The van der Waals surface area contributed by atoms with Gasteiger partial charge in [0, 0.05) is 38.3 Å². The van der Waals surface area contributed by atoms with Crippen LogP contribution in [0.3, 0.4) is 0 Å². The molecule has 10 heteroatoms. The molecule has 0 aliphatic carbocycles. The van der Waals surface area contributed by atoms with Gasteiger partial charge in [0.1, 0.15) is 11.5 Å². The van der Waals surface area contributed by atoms with Crippen molar-refractivity contribution in [3.63, 3.8) is 0 Å². The Kier molecular flexibility index (Phi) is 8.04. The number of furan rings is 1. The van der Waals surface area contributed by atoms with Gasteiger partial charge in [0.2, 0.25) is 0 Å². The van der Waals surface area contributed by atoms with Crippen molar-refractivity contribution in [1.29, 1.82) is 0 Å². The van der Waals surface area contributed by atoms with E-state index in [-0.39, 0.29) is 12.2 Å². The fourth-order valence-corrected chi connectivity index (χ4v) is 5.99. The smallest absolute Gasteiger partial charge is 0.338 e. The number of ether oxygens (including phenoxy) is 2. The van der Waals surface area contributed by atoms with Crippen LogP contribution in [-0.2, 0) is 9.53 Å². The number of allylic oxidation sites excluding steroid dienone is 1. The van der Waals surface area contributed by atoms with Crippen LogP contribution in [0.5, 0.6) is 5.75 Å². The molecular weight excluding hydrogens is 516 g/mol. The molecule has 1 saturated heterocycles. The molecule has 206 valence electrons. The Bertz CT molecular complexity index is 1560. The quantitative estimate of drug-likeness (QED) is 0.399. The third-order valence-electron chi connectivity index (χ3n) is 7.00. The Hall–Kier alpha value is -3.63. The maximum Gasteiger partial charge on any atom is 0.338 e. The SMILES string of the molecule is CCCC1=C(C(=O)OCC)C(c2cccc(OC)c2)n2c(s/c(=C\c3ccc(N4CCN(C)CC4)o3)c2=O)=N1. The van der Waals surface area contributed by atoms with E-state index in [4.69, 9.17) is 18.9 Å². The molecule has 5 rings (SSSR count). The van der Waals surface area contributed by atoms with Gasteiger partial charge in [-0.2, -0.15) is 0 Å². The minimum Gasteiger partial charge on any atom is -0.497 e. The molecule has 2 aromatic heterocycles. The summed E-state index contributed by atoms with van der Waals surface area (Å²) in [4.78, 5) is 37.1. The first-order valence-electron chi connectivity index (χ1n) is 13.3. The molecule has 0 N–H and O–H groups in total. The number of rotatable bonds is 8. The number of anilines is 1. The predicted octanol–water partition coefficient (Wildman–Crippen LogP) is 2.93. The molecule has 0 spiro atoms. The molecule has 1 unspecified atom stereocenters. The van der Waals surface area contributed by atoms with Gasteiger partial charge in [-0.15, -0.1) is 0 Å². The van der Waals surface area contributed by atoms with Crippen molar-refractivity contribution in [1.82, 2.24) is 9.47 Å². The van der Waals surface area contributed by atoms with E-state index >= 15 is 0 Å². The summed E-state index contributed by atoms with van der Waals surface area (Å²) >= 11 is 1.30. The van der Waals surface area contributed by atoms with Crippen LogP contribution in [0.2, 0.25) is 0 Å². The monoisotopic (exact) mass is 550 g/mol. The van der Waals surface area contributed by atoms with Crippen molar-refractivity contribution in [2.75, 3.05) is 51.8 Å². The molecule has 0 saturated carbocycles. The van der Waals surface area contributed by atoms with Gasteiger partial charge in [0.05, 0.1) is 35.6 Å². The zero-order chi connectivity index (χ0) is 27.5. The molecule has 39 heavy (non-hydrogen) atoms. The summed E-state index contributed by atoms with van der Waals surface area (Å²) < 4.78 is 19.1. The second-order valence-electron chi connectivity index (χ2n) is 9.66. The minimum absolute atomic E-state index is 0.227. The van der Waals surface area contributed by atoms with Gasteiger partial charge in [-0.1, -0.05) is 36.8 Å². The highest BCUT2D eigenvalue weighted by Crippen LogP contribution is 2.34. The highest BCUT2D eigenvalue weighted by atomic mass is 32.1. The Morgan fingerprint density at radius 3 is 2.69 bits per heavy atom. The summed E-state index contributed by atoms with van der Waals surface area (Å²) in [7, 11) is 3.71. The third-order valence-corrected chi connectivity index (χ3v) is 7.99. The van der Waals surface area contributed by atoms with Crippen LogP contribution in [0.15, 0.2) is 61.9 Å². The van der Waals surface area contributed by atoms with Crippen molar-refractivity contribution in [3.05, 3.63) is 78.7 Å². The number of hydrogen-bond donors (Lipinski definition) is 0. The Morgan fingerprint density at radius 2 is 1.97 bits per heavy atom. The van der Waals surface area contributed by atoms with Crippen LogP contribution in [0, 0.1) is 0 Å². The normalized spacial score (nSPS) is 18.2. The van der Waals surface area contributed by atoms with E-state index in [1.807, 2.05) is 43.3 Å². The number of aromatic nitrogens is 1. The van der Waals surface area contributed by atoms with Crippen LogP contribution in [0.25, 0.3) is 6.08 Å². The van der Waals surface area contributed by atoms with Gasteiger partial charge < -0.3 is 23.7 Å². The van der Waals surface area contributed by atoms with Gasteiger partial charge in [0.15, 0.2) is 10.7 Å². The maximum absolute atomic E-state index is 13.9. The van der Waals surface area contributed by atoms with E-state index < -0.39 is 12.0 Å². The lowest BCUT2D eigenvalue weighted by Crippen LogP contribution is -2.44. The van der Waals surface area contributed by atoms with Gasteiger partial charge >= 0.3 is 5.97 Å². The van der Waals surface area contributed by atoms with Crippen LogP contribution in [0.4, 0.5) is 5.88 Å². The molecule has 3 aromatic rings. The van der Waals surface area contributed by atoms with Gasteiger partial charge in [-0.05, 0) is 44.2 Å². The molecular formula is C29H34N4O5S. The molecule has 0 amide bonds. The average molecular weight is 551 g/mol. The lowest BCUT2D eigenvalue weighted by molar-refractivity contribution is -0.139. The molecule has 1 fully saturated rings. The second-order valence-corrected chi connectivity index (χ2v) is 10.7. The van der Waals surface area contributed by atoms with Crippen molar-refractivity contribution in [2.24, 2.45) is 4.99 Å². The average Bonchev–Trinajstić information content (AvgIpc) is 3.53. The van der Waals surface area contributed by atoms with Gasteiger partial charge in [-0.3, -0.25) is 9.36 Å². The van der Waals surface area contributed by atoms with E-state index in [0.29, 0.717) is 38.5 Å². The number of fused-ring (bicyclic) bond motifs is 1. The first-order chi connectivity index (χ1) is 18.9. The molecule has 1 aromatic carbocycles. The number of hydrogen-bond acceptors (Lipinski definition) is 9. The number of piperazine rings is 1. The van der Waals surface area contributed by atoms with E-state index in [0.717, 1.165) is 44.0 Å². The van der Waals surface area contributed by atoms with Crippen LogP contribution < -0.4 is 24.5 Å². The fourth-order valence-electron chi connectivity index (χ4n) is 4.99. The van der Waals surface area contributed by atoms with Crippen LogP contribution >= 0.6 is 11.3 Å². The van der Waals surface area contributed by atoms with E-state index in [1.54, 1.807) is 24.7 Å². The Labute approximate surface area is 231 Å². The summed E-state index contributed by atoms with van der Waals surface area (Å²) in [6, 6.07) is 10.6. The lowest BCUT2D eigenvalue weighted by atomic mass is 9.94. The Morgan fingerprint density at radius 1 is 1.18 bits per heavy atom. The summed E-state index contributed by atoms with van der Waals surface area (Å²) in [5, 5.41) is 0. The predicted molar refractivity (Wildman–Crippen MR) is 151 cm³/mol. The van der Waals surface area contributed by atoms with Crippen molar-refractivity contribution >= 4 is 29.3 Å². The highest BCUT2D eigenvalue weighted by Gasteiger charge is 2.34. The van der Waals surface area contributed by atoms with Gasteiger partial charge in [0.25, 0.3) is 5.56 Å². The number of esters is 1. The summed E-state index contributed by atoms with van der Waals surface area (Å²) in [5.74, 6) is 1.57. The van der Waals surface area contributed by atoms with Crippen molar-refractivity contribution in [3.8, 4) is 5.75 Å². The number of thiazole rings is 1. The number of carbonyl (C=O) groups excluding carboxylic acids is 1. The molecule has 9 nitrogen and oxygen atoms in total. The number of carbonyl (C=O) groups is 1. The lowest BCUT2D eigenvalue weighted by Gasteiger charge is -2.32. The molecule has 2 aliphatic heterocycles. The zero-order valence-corrected chi connectivity index (χ0v) is 23.6. The van der Waals surface area contributed by atoms with Crippen molar-refractivity contribution < 1.29 is 18.7 Å². The molecule has 1 atom stereocenters. The summed E-state index contributed by atoms with van der Waals surface area (Å²) in [5.41, 5.74) is 1.55. The second kappa shape index (κ2) is 11.6. The zero-order valence-electron chi connectivity index (χ0n) is 22.8. The van der Waals surface area contributed by atoms with E-state index in [9.17, 15) is 9.59 Å². The highest BCUT2D eigenvalue weighted by molar-refractivity contribution is 7.07. The Balaban J connectivity index is 1.63. The van der Waals surface area contributed by atoms with Crippen molar-refractivity contribution in [2.45, 2.75) is 32.7 Å².